The van der Waals surface area contributed by atoms with Crippen LogP contribution in [0, 0.1) is 0 Å². The average Bonchev–Trinajstić information content (AvgIpc) is 3.61. The fourth-order valence-corrected chi connectivity index (χ4v) is 6.12. The second-order valence-corrected chi connectivity index (χ2v) is 11.8. The standard InChI is InChI=1S/C30H46Cl2N4O3/c1-2-3-4-5-6-7-8-9-10-11-18-33-28(37)26-14-12-19-35(26)29(38)27-15-13-20-36(27)30(39)34-22-23-16-17-24(31)21-25(23)32/h16-17,21,26-27H,2-15,18-20,22H2,1H3,(H,33,37)(H,34,39)/t26-,27-/m0/s1. The van der Waals surface area contributed by atoms with E-state index in [1.54, 1.807) is 28.0 Å². The number of amides is 4. The van der Waals surface area contributed by atoms with Crippen molar-refractivity contribution in [3.63, 3.8) is 0 Å². The summed E-state index contributed by atoms with van der Waals surface area (Å²) in [4.78, 5) is 42.7. The van der Waals surface area contributed by atoms with Crippen LogP contribution >= 0.6 is 23.2 Å². The minimum absolute atomic E-state index is 0.0665. The normalized spacial score (nSPS) is 18.9. The molecule has 0 radical (unpaired) electrons. The summed E-state index contributed by atoms with van der Waals surface area (Å²) >= 11 is 12.2. The van der Waals surface area contributed by atoms with Crippen molar-refractivity contribution in [3.8, 4) is 0 Å². The Morgan fingerprint density at radius 3 is 2.10 bits per heavy atom. The van der Waals surface area contributed by atoms with Crippen LogP contribution in [0.25, 0.3) is 0 Å². The van der Waals surface area contributed by atoms with Gasteiger partial charge in [-0.05, 0) is 49.8 Å². The van der Waals surface area contributed by atoms with E-state index in [0.717, 1.165) is 31.2 Å². The Kier molecular flexibility index (Phi) is 13.7. The van der Waals surface area contributed by atoms with Crippen LogP contribution in [0.3, 0.4) is 0 Å². The lowest BCUT2D eigenvalue weighted by Crippen LogP contribution is -2.54. The third kappa shape index (κ3) is 9.86. The van der Waals surface area contributed by atoms with E-state index in [9.17, 15) is 14.4 Å². The maximum atomic E-state index is 13.5. The highest BCUT2D eigenvalue weighted by Crippen LogP contribution is 2.26. The number of carbonyl (C=O) groups excluding carboxylic acids is 3. The van der Waals surface area contributed by atoms with Crippen molar-refractivity contribution in [1.29, 1.82) is 0 Å². The Morgan fingerprint density at radius 2 is 1.44 bits per heavy atom. The Labute approximate surface area is 244 Å². The molecule has 1 aromatic rings. The molecule has 4 amide bonds. The zero-order valence-electron chi connectivity index (χ0n) is 23.5. The highest BCUT2D eigenvalue weighted by atomic mass is 35.5. The Balaban J connectivity index is 1.39. The summed E-state index contributed by atoms with van der Waals surface area (Å²) in [5, 5.41) is 6.96. The van der Waals surface area contributed by atoms with Gasteiger partial charge in [0.25, 0.3) is 0 Å². The van der Waals surface area contributed by atoms with Gasteiger partial charge in [-0.15, -0.1) is 0 Å². The van der Waals surface area contributed by atoms with E-state index >= 15 is 0 Å². The van der Waals surface area contributed by atoms with Gasteiger partial charge in [0.15, 0.2) is 0 Å². The molecule has 2 heterocycles. The molecule has 2 aliphatic rings. The van der Waals surface area contributed by atoms with Gasteiger partial charge < -0.3 is 20.4 Å². The van der Waals surface area contributed by atoms with Crippen molar-refractivity contribution < 1.29 is 14.4 Å². The van der Waals surface area contributed by atoms with Crippen molar-refractivity contribution >= 4 is 41.0 Å². The molecule has 0 spiro atoms. The number of nitrogens with one attached hydrogen (secondary N) is 2. The van der Waals surface area contributed by atoms with E-state index in [0.29, 0.717) is 42.5 Å². The molecule has 0 aliphatic carbocycles. The molecule has 0 saturated carbocycles. The lowest BCUT2D eigenvalue weighted by molar-refractivity contribution is -0.141. The third-order valence-corrected chi connectivity index (χ3v) is 8.50. The summed E-state index contributed by atoms with van der Waals surface area (Å²) in [7, 11) is 0. The van der Waals surface area contributed by atoms with Gasteiger partial charge in [0.2, 0.25) is 11.8 Å². The fourth-order valence-electron chi connectivity index (χ4n) is 5.64. The van der Waals surface area contributed by atoms with Gasteiger partial charge in [-0.25, -0.2) is 4.79 Å². The lowest BCUT2D eigenvalue weighted by Gasteiger charge is -2.31. The minimum Gasteiger partial charge on any atom is -0.354 e. The van der Waals surface area contributed by atoms with Crippen LogP contribution in [-0.2, 0) is 16.1 Å². The van der Waals surface area contributed by atoms with Gasteiger partial charge in [0, 0.05) is 36.2 Å². The Morgan fingerprint density at radius 1 is 0.821 bits per heavy atom. The Hall–Kier alpha value is -1.99. The number of hydrogen-bond acceptors (Lipinski definition) is 3. The third-order valence-electron chi connectivity index (χ3n) is 7.91. The predicted octanol–water partition coefficient (Wildman–Crippen LogP) is 6.70. The summed E-state index contributed by atoms with van der Waals surface area (Å²) in [6.45, 7) is 4.22. The molecule has 0 bridgehead atoms. The molecular weight excluding hydrogens is 535 g/mol. The van der Waals surface area contributed by atoms with Gasteiger partial charge in [0.05, 0.1) is 0 Å². The highest BCUT2D eigenvalue weighted by molar-refractivity contribution is 6.35. The number of rotatable bonds is 15. The van der Waals surface area contributed by atoms with Gasteiger partial charge in [-0.3, -0.25) is 9.59 Å². The number of unbranched alkanes of at least 4 members (excludes halogenated alkanes) is 9. The smallest absolute Gasteiger partial charge is 0.318 e. The zero-order valence-corrected chi connectivity index (χ0v) is 25.0. The van der Waals surface area contributed by atoms with Crippen LogP contribution in [-0.4, -0.2) is 59.4 Å². The van der Waals surface area contributed by atoms with Crippen molar-refractivity contribution in [1.82, 2.24) is 20.4 Å². The van der Waals surface area contributed by atoms with Gasteiger partial charge in [-0.2, -0.15) is 0 Å². The quantitative estimate of drug-likeness (QED) is 0.226. The molecule has 218 valence electrons. The summed E-state index contributed by atoms with van der Waals surface area (Å²) in [6, 6.07) is 3.87. The molecule has 2 atom stereocenters. The van der Waals surface area contributed by atoms with Crippen LogP contribution in [0.4, 0.5) is 4.79 Å². The van der Waals surface area contributed by atoms with Crippen molar-refractivity contribution in [2.75, 3.05) is 19.6 Å². The maximum absolute atomic E-state index is 13.5. The van der Waals surface area contributed by atoms with Crippen LogP contribution in [0.1, 0.15) is 102 Å². The van der Waals surface area contributed by atoms with E-state index in [-0.39, 0.29) is 24.4 Å². The van der Waals surface area contributed by atoms with E-state index in [1.807, 2.05) is 0 Å². The van der Waals surface area contributed by atoms with Crippen LogP contribution in [0.5, 0.6) is 0 Å². The summed E-state index contributed by atoms with van der Waals surface area (Å²) in [5.74, 6) is -0.188. The van der Waals surface area contributed by atoms with Crippen LogP contribution in [0.15, 0.2) is 18.2 Å². The largest absolute Gasteiger partial charge is 0.354 e. The van der Waals surface area contributed by atoms with Gasteiger partial charge >= 0.3 is 6.03 Å². The second kappa shape index (κ2) is 17.0. The van der Waals surface area contributed by atoms with E-state index in [2.05, 4.69) is 17.6 Å². The molecule has 0 aromatic heterocycles. The maximum Gasteiger partial charge on any atom is 0.318 e. The van der Waals surface area contributed by atoms with Crippen molar-refractivity contribution in [2.24, 2.45) is 0 Å². The molecular formula is C30H46Cl2N4O3. The zero-order chi connectivity index (χ0) is 28.0. The molecule has 7 nitrogen and oxygen atoms in total. The monoisotopic (exact) mass is 580 g/mol. The number of likely N-dealkylation sites (tertiary alicyclic amines) is 2. The van der Waals surface area contributed by atoms with Crippen molar-refractivity contribution in [2.45, 2.75) is 115 Å². The molecule has 1 aromatic carbocycles. The van der Waals surface area contributed by atoms with Crippen LogP contribution in [0.2, 0.25) is 10.0 Å². The molecule has 2 aliphatic heterocycles. The topological polar surface area (TPSA) is 81.8 Å². The minimum atomic E-state index is -0.541. The number of hydrogen-bond donors (Lipinski definition) is 2. The second-order valence-electron chi connectivity index (χ2n) is 10.9. The molecule has 2 fully saturated rings. The molecule has 2 N–H and O–H groups in total. The molecule has 39 heavy (non-hydrogen) atoms. The Bertz CT molecular complexity index is 945. The number of halogens is 2. The van der Waals surface area contributed by atoms with E-state index < -0.39 is 12.1 Å². The highest BCUT2D eigenvalue weighted by Gasteiger charge is 2.42. The first-order valence-electron chi connectivity index (χ1n) is 15.0. The fraction of sp³-hybridized carbons (Fsp3) is 0.700. The molecule has 3 rings (SSSR count). The van der Waals surface area contributed by atoms with Crippen LogP contribution < -0.4 is 10.6 Å². The molecule has 9 heteroatoms. The summed E-state index contributed by atoms with van der Waals surface area (Å²) in [6.07, 6.45) is 15.4. The molecule has 2 saturated heterocycles. The summed E-state index contributed by atoms with van der Waals surface area (Å²) < 4.78 is 0. The SMILES string of the molecule is CCCCCCCCCCCCNC(=O)[C@@H]1CCCN1C(=O)[C@@H]1CCCN1C(=O)NCc1ccc(Cl)cc1Cl. The number of carbonyl (C=O) groups is 3. The lowest BCUT2D eigenvalue weighted by atomic mass is 10.1. The summed E-state index contributed by atoms with van der Waals surface area (Å²) in [5.41, 5.74) is 0.759. The predicted molar refractivity (Wildman–Crippen MR) is 158 cm³/mol. The van der Waals surface area contributed by atoms with Crippen molar-refractivity contribution in [3.05, 3.63) is 33.8 Å². The number of urea groups is 1. The molecule has 0 unspecified atom stereocenters. The number of nitrogens with zero attached hydrogens (tertiary/aromatic N) is 2. The van der Waals surface area contributed by atoms with Gasteiger partial charge in [0.1, 0.15) is 12.1 Å². The first-order valence-corrected chi connectivity index (χ1v) is 15.7. The average molecular weight is 582 g/mol. The van der Waals surface area contributed by atoms with E-state index in [1.165, 1.54) is 51.4 Å². The number of benzene rings is 1. The van der Waals surface area contributed by atoms with Gasteiger partial charge in [-0.1, -0.05) is 94.0 Å². The van der Waals surface area contributed by atoms with E-state index in [4.69, 9.17) is 23.2 Å². The first kappa shape index (κ1) is 31.5. The first-order chi connectivity index (χ1) is 18.9.